The standard InChI is InChI=1S/C19H20F2N2O3/c20-13-7-12(8-14(21)9-13)18-22-16-10-23(6-5-17(16)26-18)19(25)11-1-3-15(24)4-2-11/h7-9,11,15,24H,1-6,10H2. The summed E-state index contributed by atoms with van der Waals surface area (Å²) < 4.78 is 32.5. The summed E-state index contributed by atoms with van der Waals surface area (Å²) in [6.45, 7) is 0.881. The summed E-state index contributed by atoms with van der Waals surface area (Å²) in [6.07, 6.45) is 2.97. The van der Waals surface area contributed by atoms with Gasteiger partial charge in [-0.1, -0.05) is 0 Å². The van der Waals surface area contributed by atoms with E-state index in [1.807, 2.05) is 0 Å². The number of fused-ring (bicyclic) bond motifs is 1. The molecule has 1 aromatic heterocycles. The van der Waals surface area contributed by atoms with Crippen molar-refractivity contribution in [2.45, 2.75) is 44.8 Å². The third-order valence-electron chi connectivity index (χ3n) is 5.19. The molecule has 5 nitrogen and oxygen atoms in total. The largest absolute Gasteiger partial charge is 0.441 e. The molecule has 1 aliphatic heterocycles. The maximum Gasteiger partial charge on any atom is 0.226 e. The van der Waals surface area contributed by atoms with E-state index in [1.165, 1.54) is 12.1 Å². The van der Waals surface area contributed by atoms with Crippen LogP contribution in [-0.2, 0) is 17.8 Å². The monoisotopic (exact) mass is 362 g/mol. The van der Waals surface area contributed by atoms with E-state index in [2.05, 4.69) is 4.98 Å². The predicted octanol–water partition coefficient (Wildman–Crippen LogP) is 3.06. The molecule has 1 aliphatic carbocycles. The topological polar surface area (TPSA) is 66.6 Å². The number of rotatable bonds is 2. The van der Waals surface area contributed by atoms with Crippen LogP contribution in [0.25, 0.3) is 11.5 Å². The van der Waals surface area contributed by atoms with Gasteiger partial charge in [-0.25, -0.2) is 13.8 Å². The molecule has 1 saturated carbocycles. The number of carbonyl (C=O) groups is 1. The number of amides is 1. The van der Waals surface area contributed by atoms with E-state index < -0.39 is 11.6 Å². The van der Waals surface area contributed by atoms with Gasteiger partial charge in [0.15, 0.2) is 0 Å². The number of aliphatic hydroxyl groups is 1. The highest BCUT2D eigenvalue weighted by molar-refractivity contribution is 5.79. The van der Waals surface area contributed by atoms with Crippen LogP contribution in [0.15, 0.2) is 22.6 Å². The highest BCUT2D eigenvalue weighted by Crippen LogP contribution is 2.30. The van der Waals surface area contributed by atoms with Gasteiger partial charge in [-0.15, -0.1) is 0 Å². The van der Waals surface area contributed by atoms with Gasteiger partial charge in [-0.3, -0.25) is 4.79 Å². The minimum Gasteiger partial charge on any atom is -0.441 e. The summed E-state index contributed by atoms with van der Waals surface area (Å²) in [5.74, 6) is -0.510. The minimum atomic E-state index is -0.688. The van der Waals surface area contributed by atoms with Crippen molar-refractivity contribution >= 4 is 5.91 Å². The molecule has 1 fully saturated rings. The van der Waals surface area contributed by atoms with Crippen LogP contribution < -0.4 is 0 Å². The van der Waals surface area contributed by atoms with Crippen LogP contribution in [0.4, 0.5) is 8.78 Å². The van der Waals surface area contributed by atoms with Crippen molar-refractivity contribution in [3.05, 3.63) is 41.3 Å². The Balaban J connectivity index is 1.50. The smallest absolute Gasteiger partial charge is 0.226 e. The molecule has 0 unspecified atom stereocenters. The van der Waals surface area contributed by atoms with Crippen molar-refractivity contribution in [2.75, 3.05) is 6.54 Å². The second kappa shape index (κ2) is 6.79. The zero-order valence-electron chi connectivity index (χ0n) is 14.3. The molecule has 0 atom stereocenters. The highest BCUT2D eigenvalue weighted by atomic mass is 19.1. The van der Waals surface area contributed by atoms with Crippen molar-refractivity contribution in [3.8, 4) is 11.5 Å². The normalized spacial score (nSPS) is 23.0. The second-order valence-corrected chi connectivity index (χ2v) is 7.06. The Kier molecular flexibility index (Phi) is 4.48. The Labute approximate surface area is 149 Å². The number of hydrogen-bond donors (Lipinski definition) is 1. The molecule has 1 amide bonds. The summed E-state index contributed by atoms with van der Waals surface area (Å²) >= 11 is 0. The molecule has 0 spiro atoms. The fraction of sp³-hybridized carbons (Fsp3) is 0.474. The predicted molar refractivity (Wildman–Crippen MR) is 88.9 cm³/mol. The van der Waals surface area contributed by atoms with Gasteiger partial charge < -0.3 is 14.4 Å². The van der Waals surface area contributed by atoms with Crippen LogP contribution in [0.1, 0.15) is 37.1 Å². The first-order valence-electron chi connectivity index (χ1n) is 8.91. The van der Waals surface area contributed by atoms with Gasteiger partial charge in [0, 0.05) is 30.5 Å². The first kappa shape index (κ1) is 17.1. The van der Waals surface area contributed by atoms with E-state index in [4.69, 9.17) is 4.42 Å². The lowest BCUT2D eigenvalue weighted by atomic mass is 9.86. The lowest BCUT2D eigenvalue weighted by molar-refractivity contribution is -0.138. The van der Waals surface area contributed by atoms with Crippen molar-refractivity contribution in [1.82, 2.24) is 9.88 Å². The molecule has 1 N–H and O–H groups in total. The third kappa shape index (κ3) is 3.35. The molecule has 26 heavy (non-hydrogen) atoms. The number of hydrogen-bond acceptors (Lipinski definition) is 4. The molecule has 4 rings (SSSR count). The lowest BCUT2D eigenvalue weighted by Gasteiger charge is -2.32. The van der Waals surface area contributed by atoms with Gasteiger partial charge in [0.1, 0.15) is 23.1 Å². The van der Waals surface area contributed by atoms with Crippen LogP contribution in [0.3, 0.4) is 0 Å². The molecule has 0 saturated heterocycles. The lowest BCUT2D eigenvalue weighted by Crippen LogP contribution is -2.41. The van der Waals surface area contributed by atoms with Crippen LogP contribution >= 0.6 is 0 Å². The number of nitrogens with zero attached hydrogens (tertiary/aromatic N) is 2. The van der Waals surface area contributed by atoms with Gasteiger partial charge >= 0.3 is 0 Å². The quantitative estimate of drug-likeness (QED) is 0.892. The van der Waals surface area contributed by atoms with Crippen molar-refractivity contribution in [2.24, 2.45) is 5.92 Å². The Bertz CT molecular complexity index is 808. The SMILES string of the molecule is O=C(C1CCC(O)CC1)N1CCc2oc(-c3cc(F)cc(F)c3)nc2C1. The molecular weight excluding hydrogens is 342 g/mol. The number of aromatic nitrogens is 1. The third-order valence-corrected chi connectivity index (χ3v) is 5.19. The maximum atomic E-state index is 13.4. The van der Waals surface area contributed by atoms with Gasteiger partial charge in [0.2, 0.25) is 11.8 Å². The summed E-state index contributed by atoms with van der Waals surface area (Å²) in [7, 11) is 0. The first-order chi connectivity index (χ1) is 12.5. The summed E-state index contributed by atoms with van der Waals surface area (Å²) in [4.78, 5) is 18.8. The minimum absolute atomic E-state index is 0.0522. The average molecular weight is 362 g/mol. The van der Waals surface area contributed by atoms with Crippen molar-refractivity contribution < 1.29 is 23.1 Å². The number of halogens is 2. The van der Waals surface area contributed by atoms with Crippen LogP contribution in [0.2, 0.25) is 0 Å². The van der Waals surface area contributed by atoms with Crippen LogP contribution in [0.5, 0.6) is 0 Å². The zero-order valence-corrected chi connectivity index (χ0v) is 14.3. The molecular formula is C19H20F2N2O3. The molecule has 1 aromatic carbocycles. The van der Waals surface area contributed by atoms with Crippen molar-refractivity contribution in [1.29, 1.82) is 0 Å². The van der Waals surface area contributed by atoms with Gasteiger partial charge in [0.25, 0.3) is 0 Å². The summed E-state index contributed by atoms with van der Waals surface area (Å²) in [6, 6.07) is 3.15. The molecule has 0 radical (unpaired) electrons. The number of aliphatic hydroxyl groups excluding tert-OH is 1. The molecule has 0 bridgehead atoms. The van der Waals surface area contributed by atoms with Gasteiger partial charge in [0.05, 0.1) is 12.6 Å². The highest BCUT2D eigenvalue weighted by Gasteiger charge is 2.32. The molecule has 2 aliphatic rings. The fourth-order valence-corrected chi connectivity index (χ4v) is 3.77. The Hall–Kier alpha value is -2.28. The van der Waals surface area contributed by atoms with E-state index in [-0.39, 0.29) is 29.4 Å². The van der Waals surface area contributed by atoms with Gasteiger partial charge in [-0.05, 0) is 37.8 Å². The average Bonchev–Trinajstić information content (AvgIpc) is 3.04. The molecule has 7 heteroatoms. The van der Waals surface area contributed by atoms with E-state index in [0.717, 1.165) is 6.07 Å². The van der Waals surface area contributed by atoms with Crippen LogP contribution in [-0.4, -0.2) is 33.5 Å². The van der Waals surface area contributed by atoms with Crippen LogP contribution in [0, 0.1) is 17.6 Å². The summed E-state index contributed by atoms with van der Waals surface area (Å²) in [5, 5.41) is 9.60. The zero-order chi connectivity index (χ0) is 18.3. The first-order valence-corrected chi connectivity index (χ1v) is 8.91. The van der Waals surface area contributed by atoms with Crippen molar-refractivity contribution in [3.63, 3.8) is 0 Å². The molecule has 138 valence electrons. The maximum absolute atomic E-state index is 13.4. The summed E-state index contributed by atoms with van der Waals surface area (Å²) in [5.41, 5.74) is 0.885. The Morgan fingerprint density at radius 2 is 1.85 bits per heavy atom. The van der Waals surface area contributed by atoms with E-state index in [9.17, 15) is 18.7 Å². The molecule has 2 aromatic rings. The fourth-order valence-electron chi connectivity index (χ4n) is 3.77. The number of carbonyl (C=O) groups excluding carboxylic acids is 1. The number of oxazole rings is 1. The molecule has 2 heterocycles. The Morgan fingerprint density at radius 3 is 2.54 bits per heavy atom. The van der Waals surface area contributed by atoms with E-state index >= 15 is 0 Å². The van der Waals surface area contributed by atoms with Gasteiger partial charge in [-0.2, -0.15) is 0 Å². The van der Waals surface area contributed by atoms with E-state index in [0.29, 0.717) is 56.6 Å². The Morgan fingerprint density at radius 1 is 1.15 bits per heavy atom. The second-order valence-electron chi connectivity index (χ2n) is 7.06. The number of benzene rings is 1. The van der Waals surface area contributed by atoms with E-state index in [1.54, 1.807) is 4.90 Å².